The molecule has 0 spiro atoms. The van der Waals surface area contributed by atoms with Crippen molar-refractivity contribution in [2.45, 2.75) is 37.6 Å². The van der Waals surface area contributed by atoms with Crippen molar-refractivity contribution in [3.8, 4) is 0 Å². The first-order valence-electron chi connectivity index (χ1n) is 6.55. The topological polar surface area (TPSA) is 92.4 Å². The van der Waals surface area contributed by atoms with Crippen molar-refractivity contribution in [2.75, 3.05) is 5.32 Å². The predicted molar refractivity (Wildman–Crippen MR) is 79.7 cm³/mol. The van der Waals surface area contributed by atoms with Gasteiger partial charge in [0, 0.05) is 4.47 Å². The minimum Gasteiger partial charge on any atom is -0.478 e. The van der Waals surface area contributed by atoms with Crippen LogP contribution < -0.4 is 11.1 Å². The van der Waals surface area contributed by atoms with Gasteiger partial charge < -0.3 is 16.2 Å². The van der Waals surface area contributed by atoms with Gasteiger partial charge in [0.25, 0.3) is 0 Å². The Kier molecular flexibility index (Phi) is 4.45. The Hall–Kier alpha value is -1.40. The Balaban J connectivity index is 2.13. The van der Waals surface area contributed by atoms with E-state index >= 15 is 0 Å². The van der Waals surface area contributed by atoms with Crippen molar-refractivity contribution in [1.82, 2.24) is 0 Å². The molecule has 1 aliphatic rings. The van der Waals surface area contributed by atoms with Crippen molar-refractivity contribution in [2.24, 2.45) is 5.73 Å². The number of nitrogens with two attached hydrogens (primary N) is 1. The van der Waals surface area contributed by atoms with Crippen LogP contribution in [0.3, 0.4) is 0 Å². The Morgan fingerprint density at radius 2 is 1.90 bits per heavy atom. The fourth-order valence-corrected chi connectivity index (χ4v) is 2.88. The lowest BCUT2D eigenvalue weighted by Crippen LogP contribution is -2.52. The zero-order chi connectivity index (χ0) is 14.8. The van der Waals surface area contributed by atoms with Gasteiger partial charge in [0.15, 0.2) is 0 Å². The SMILES string of the molecule is NC1(C(=O)Nc2ccc(C(=O)O)cc2Br)CCCCC1. The summed E-state index contributed by atoms with van der Waals surface area (Å²) in [6.45, 7) is 0. The maximum atomic E-state index is 12.3. The van der Waals surface area contributed by atoms with Crippen molar-refractivity contribution >= 4 is 33.5 Å². The number of benzene rings is 1. The second-order valence-corrected chi connectivity index (χ2v) is 6.03. The molecule has 1 aromatic carbocycles. The van der Waals surface area contributed by atoms with Crippen LogP contribution in [-0.2, 0) is 4.79 Å². The van der Waals surface area contributed by atoms with Crippen molar-refractivity contribution in [1.29, 1.82) is 0 Å². The van der Waals surface area contributed by atoms with E-state index in [9.17, 15) is 9.59 Å². The fourth-order valence-electron chi connectivity index (χ4n) is 2.41. The van der Waals surface area contributed by atoms with Crippen molar-refractivity contribution < 1.29 is 14.7 Å². The molecule has 6 heteroatoms. The molecule has 0 saturated heterocycles. The van der Waals surface area contributed by atoms with Crippen LogP contribution >= 0.6 is 15.9 Å². The van der Waals surface area contributed by atoms with Gasteiger partial charge in [-0.3, -0.25) is 4.79 Å². The first-order chi connectivity index (χ1) is 9.42. The zero-order valence-corrected chi connectivity index (χ0v) is 12.6. The minimum absolute atomic E-state index is 0.162. The molecule has 0 radical (unpaired) electrons. The summed E-state index contributed by atoms with van der Waals surface area (Å²) in [5.74, 6) is -1.22. The van der Waals surface area contributed by atoms with E-state index in [1.165, 1.54) is 12.1 Å². The summed E-state index contributed by atoms with van der Waals surface area (Å²) < 4.78 is 0.533. The van der Waals surface area contributed by atoms with Crippen LogP contribution in [0, 0.1) is 0 Å². The van der Waals surface area contributed by atoms with Crippen LogP contribution in [0.4, 0.5) is 5.69 Å². The van der Waals surface area contributed by atoms with E-state index in [0.29, 0.717) is 23.0 Å². The highest BCUT2D eigenvalue weighted by molar-refractivity contribution is 9.10. The number of carbonyl (C=O) groups is 2. The van der Waals surface area contributed by atoms with E-state index in [4.69, 9.17) is 10.8 Å². The highest BCUT2D eigenvalue weighted by atomic mass is 79.9. The molecule has 4 N–H and O–H groups in total. The van der Waals surface area contributed by atoms with E-state index in [1.54, 1.807) is 6.07 Å². The summed E-state index contributed by atoms with van der Waals surface area (Å²) >= 11 is 3.27. The number of hydrogen-bond donors (Lipinski definition) is 3. The number of hydrogen-bond acceptors (Lipinski definition) is 3. The molecule has 0 heterocycles. The summed E-state index contributed by atoms with van der Waals surface area (Å²) in [6.07, 6.45) is 4.41. The van der Waals surface area contributed by atoms with Gasteiger partial charge >= 0.3 is 5.97 Å². The number of anilines is 1. The number of carboxylic acids is 1. The monoisotopic (exact) mass is 340 g/mol. The van der Waals surface area contributed by atoms with Crippen LogP contribution in [0.2, 0.25) is 0 Å². The van der Waals surface area contributed by atoms with Crippen molar-refractivity contribution in [3.63, 3.8) is 0 Å². The number of rotatable bonds is 3. The summed E-state index contributed by atoms with van der Waals surface area (Å²) in [5, 5.41) is 11.7. The molecular formula is C14H17BrN2O3. The van der Waals surface area contributed by atoms with E-state index in [0.717, 1.165) is 19.3 Å². The molecule has 20 heavy (non-hydrogen) atoms. The van der Waals surface area contributed by atoms with Gasteiger partial charge in [-0.2, -0.15) is 0 Å². The summed E-state index contributed by atoms with van der Waals surface area (Å²) in [5.41, 5.74) is 6.04. The van der Waals surface area contributed by atoms with Gasteiger partial charge in [0.1, 0.15) is 0 Å². The number of carboxylic acid groups (broad SMARTS) is 1. The normalized spacial score (nSPS) is 17.5. The molecule has 0 aliphatic heterocycles. The molecule has 2 rings (SSSR count). The van der Waals surface area contributed by atoms with Crippen molar-refractivity contribution in [3.05, 3.63) is 28.2 Å². The Morgan fingerprint density at radius 3 is 2.45 bits per heavy atom. The molecule has 0 atom stereocenters. The molecule has 1 saturated carbocycles. The molecule has 0 bridgehead atoms. The molecule has 5 nitrogen and oxygen atoms in total. The maximum absolute atomic E-state index is 12.3. The molecule has 1 aliphatic carbocycles. The molecule has 108 valence electrons. The number of amides is 1. The standard InChI is InChI=1S/C14H17BrN2O3/c15-10-8-9(12(18)19)4-5-11(10)17-13(20)14(16)6-2-1-3-7-14/h4-5,8H,1-3,6-7,16H2,(H,17,20)(H,18,19). The zero-order valence-electron chi connectivity index (χ0n) is 11.0. The lowest BCUT2D eigenvalue weighted by molar-refractivity contribution is -0.122. The smallest absolute Gasteiger partial charge is 0.335 e. The summed E-state index contributed by atoms with van der Waals surface area (Å²) in [4.78, 5) is 23.1. The maximum Gasteiger partial charge on any atom is 0.335 e. The Bertz CT molecular complexity index is 539. The number of nitrogens with one attached hydrogen (secondary N) is 1. The number of halogens is 1. The molecule has 0 aromatic heterocycles. The van der Waals surface area contributed by atoms with Gasteiger partial charge in [0.05, 0.1) is 16.8 Å². The lowest BCUT2D eigenvalue weighted by atomic mass is 9.82. The van der Waals surface area contributed by atoms with Crippen LogP contribution in [0.1, 0.15) is 42.5 Å². The summed E-state index contributed by atoms with van der Waals surface area (Å²) in [7, 11) is 0. The molecule has 1 amide bonds. The largest absolute Gasteiger partial charge is 0.478 e. The highest BCUT2D eigenvalue weighted by Crippen LogP contribution is 2.29. The van der Waals surface area contributed by atoms with E-state index in [-0.39, 0.29) is 11.5 Å². The molecule has 0 unspecified atom stereocenters. The third kappa shape index (κ3) is 3.19. The number of carbonyl (C=O) groups excluding carboxylic acids is 1. The molecular weight excluding hydrogens is 324 g/mol. The van der Waals surface area contributed by atoms with E-state index < -0.39 is 11.5 Å². The second-order valence-electron chi connectivity index (χ2n) is 5.17. The Labute approximate surface area is 125 Å². The Morgan fingerprint density at radius 1 is 1.25 bits per heavy atom. The fraction of sp³-hybridized carbons (Fsp3) is 0.429. The van der Waals surface area contributed by atoms with E-state index in [2.05, 4.69) is 21.2 Å². The van der Waals surface area contributed by atoms with Gasteiger partial charge in [-0.1, -0.05) is 19.3 Å². The minimum atomic E-state index is -1.01. The first-order valence-corrected chi connectivity index (χ1v) is 7.35. The van der Waals surface area contributed by atoms with Crippen LogP contribution in [-0.4, -0.2) is 22.5 Å². The third-order valence-corrected chi connectivity index (χ3v) is 4.32. The van der Waals surface area contributed by atoms with Gasteiger partial charge in [-0.15, -0.1) is 0 Å². The number of aromatic carboxylic acids is 1. The van der Waals surface area contributed by atoms with Gasteiger partial charge in [-0.05, 0) is 47.0 Å². The lowest BCUT2D eigenvalue weighted by Gasteiger charge is -2.31. The third-order valence-electron chi connectivity index (χ3n) is 3.66. The second kappa shape index (κ2) is 5.93. The quantitative estimate of drug-likeness (QED) is 0.788. The first kappa shape index (κ1) is 15.0. The van der Waals surface area contributed by atoms with E-state index in [1.807, 2.05) is 0 Å². The van der Waals surface area contributed by atoms with Gasteiger partial charge in [-0.25, -0.2) is 4.79 Å². The van der Waals surface area contributed by atoms with Crippen LogP contribution in [0.25, 0.3) is 0 Å². The average Bonchev–Trinajstić information content (AvgIpc) is 2.41. The predicted octanol–water partition coefficient (Wildman–Crippen LogP) is 2.75. The van der Waals surface area contributed by atoms with Gasteiger partial charge in [0.2, 0.25) is 5.91 Å². The van der Waals surface area contributed by atoms with Crippen LogP contribution in [0.5, 0.6) is 0 Å². The molecule has 1 aromatic rings. The highest BCUT2D eigenvalue weighted by Gasteiger charge is 2.35. The van der Waals surface area contributed by atoms with Crippen LogP contribution in [0.15, 0.2) is 22.7 Å². The summed E-state index contributed by atoms with van der Waals surface area (Å²) in [6, 6.07) is 4.48. The molecule has 1 fully saturated rings. The average molecular weight is 341 g/mol.